The van der Waals surface area contributed by atoms with E-state index >= 15 is 0 Å². The minimum absolute atomic E-state index is 0.0589. The summed E-state index contributed by atoms with van der Waals surface area (Å²) in [7, 11) is 2.06. The number of aryl methyl sites for hydroxylation is 1. The zero-order valence-electron chi connectivity index (χ0n) is 10.9. The molecule has 1 aromatic rings. The first-order valence-corrected chi connectivity index (χ1v) is 6.61. The summed E-state index contributed by atoms with van der Waals surface area (Å²) in [5.74, 6) is 0. The van der Waals surface area contributed by atoms with Crippen molar-refractivity contribution < 1.29 is 5.11 Å². The quantitative estimate of drug-likeness (QED) is 0.839. The molecule has 3 heteroatoms. The number of aliphatic hydroxyl groups excluding tert-OH is 1. The van der Waals surface area contributed by atoms with Gasteiger partial charge in [0, 0.05) is 37.4 Å². The van der Waals surface area contributed by atoms with Crippen LogP contribution in [0.1, 0.15) is 38.3 Å². The number of hydrogen-bond acceptors (Lipinski definition) is 2. The molecule has 96 valence electrons. The molecule has 2 rings (SSSR count). The molecule has 17 heavy (non-hydrogen) atoms. The van der Waals surface area contributed by atoms with Gasteiger partial charge in [0.1, 0.15) is 0 Å². The molecule has 1 aromatic heterocycles. The van der Waals surface area contributed by atoms with Crippen molar-refractivity contribution >= 4 is 0 Å². The van der Waals surface area contributed by atoms with Gasteiger partial charge in [-0.1, -0.05) is 19.8 Å². The van der Waals surface area contributed by atoms with Crippen LogP contribution in [0.4, 0.5) is 0 Å². The molecular weight excluding hydrogens is 212 g/mol. The van der Waals surface area contributed by atoms with Crippen LogP contribution in [0.5, 0.6) is 0 Å². The number of aliphatic hydroxyl groups is 1. The molecule has 1 fully saturated rings. The summed E-state index contributed by atoms with van der Waals surface area (Å²) >= 11 is 0. The summed E-state index contributed by atoms with van der Waals surface area (Å²) < 4.78 is 2.13. The minimum Gasteiger partial charge on any atom is -0.393 e. The fourth-order valence-corrected chi connectivity index (χ4v) is 2.74. The average molecular weight is 236 g/mol. The Morgan fingerprint density at radius 2 is 2.35 bits per heavy atom. The van der Waals surface area contributed by atoms with Crippen molar-refractivity contribution in [3.8, 4) is 0 Å². The van der Waals surface area contributed by atoms with Crippen LogP contribution in [-0.4, -0.2) is 22.3 Å². The standard InChI is InChI=1S/C14H24N2O/c1-14(8-4-3-7-13(14)17)11-15-10-12-6-5-9-16(12)2/h5-6,9,13,15,17H,3-4,7-8,10-11H2,1-2H3. The van der Waals surface area contributed by atoms with E-state index in [2.05, 4.69) is 42.2 Å². The summed E-state index contributed by atoms with van der Waals surface area (Å²) in [5.41, 5.74) is 1.35. The Morgan fingerprint density at radius 3 is 3.00 bits per heavy atom. The average Bonchev–Trinajstić information content (AvgIpc) is 2.69. The van der Waals surface area contributed by atoms with E-state index in [4.69, 9.17) is 0 Å². The predicted molar refractivity (Wildman–Crippen MR) is 69.7 cm³/mol. The molecule has 0 spiro atoms. The summed E-state index contributed by atoms with van der Waals surface area (Å²) in [4.78, 5) is 0. The molecule has 0 aliphatic heterocycles. The van der Waals surface area contributed by atoms with E-state index in [1.807, 2.05) is 0 Å². The molecule has 0 aromatic carbocycles. The Hall–Kier alpha value is -0.800. The van der Waals surface area contributed by atoms with Gasteiger partial charge in [0.15, 0.2) is 0 Å². The van der Waals surface area contributed by atoms with Crippen molar-refractivity contribution in [3.63, 3.8) is 0 Å². The molecule has 0 amide bonds. The molecule has 1 saturated carbocycles. The normalized spacial score (nSPS) is 29.5. The third-order valence-corrected chi connectivity index (χ3v) is 4.17. The van der Waals surface area contributed by atoms with Crippen LogP contribution in [0, 0.1) is 5.41 Å². The molecule has 1 aliphatic rings. The third-order valence-electron chi connectivity index (χ3n) is 4.17. The maximum Gasteiger partial charge on any atom is 0.0605 e. The Morgan fingerprint density at radius 1 is 1.53 bits per heavy atom. The molecule has 0 bridgehead atoms. The predicted octanol–water partition coefficient (Wildman–Crippen LogP) is 2.06. The van der Waals surface area contributed by atoms with Crippen molar-refractivity contribution in [1.82, 2.24) is 9.88 Å². The van der Waals surface area contributed by atoms with E-state index < -0.39 is 0 Å². The number of nitrogens with zero attached hydrogens (tertiary/aromatic N) is 1. The number of nitrogens with one attached hydrogen (secondary N) is 1. The van der Waals surface area contributed by atoms with Crippen LogP contribution in [0.2, 0.25) is 0 Å². The van der Waals surface area contributed by atoms with E-state index in [-0.39, 0.29) is 11.5 Å². The minimum atomic E-state index is -0.142. The van der Waals surface area contributed by atoms with E-state index in [1.165, 1.54) is 18.5 Å². The fraction of sp³-hybridized carbons (Fsp3) is 0.714. The van der Waals surface area contributed by atoms with Crippen molar-refractivity contribution in [2.45, 2.75) is 45.3 Å². The van der Waals surface area contributed by atoms with Gasteiger partial charge < -0.3 is 15.0 Å². The van der Waals surface area contributed by atoms with Crippen LogP contribution >= 0.6 is 0 Å². The molecule has 2 atom stereocenters. The second-order valence-electron chi connectivity index (χ2n) is 5.63. The number of aromatic nitrogens is 1. The Balaban J connectivity index is 1.83. The largest absolute Gasteiger partial charge is 0.393 e. The summed E-state index contributed by atoms with van der Waals surface area (Å²) in [6, 6.07) is 4.20. The molecule has 2 unspecified atom stereocenters. The summed E-state index contributed by atoms with van der Waals surface area (Å²) in [6.45, 7) is 3.99. The van der Waals surface area contributed by atoms with Gasteiger partial charge in [-0.2, -0.15) is 0 Å². The Kier molecular flexibility index (Phi) is 3.89. The first-order valence-electron chi connectivity index (χ1n) is 6.61. The van der Waals surface area contributed by atoms with Crippen LogP contribution in [0.25, 0.3) is 0 Å². The highest BCUT2D eigenvalue weighted by Gasteiger charge is 2.34. The zero-order chi connectivity index (χ0) is 12.3. The van der Waals surface area contributed by atoms with Gasteiger partial charge in [0.2, 0.25) is 0 Å². The van der Waals surface area contributed by atoms with Crippen LogP contribution in [0.3, 0.4) is 0 Å². The Bertz CT molecular complexity index is 361. The number of rotatable bonds is 4. The smallest absolute Gasteiger partial charge is 0.0605 e. The van der Waals surface area contributed by atoms with E-state index in [0.29, 0.717) is 0 Å². The van der Waals surface area contributed by atoms with Crippen molar-refractivity contribution in [2.24, 2.45) is 12.5 Å². The molecule has 1 heterocycles. The molecule has 0 radical (unpaired) electrons. The first kappa shape index (κ1) is 12.7. The first-order chi connectivity index (χ1) is 8.12. The lowest BCUT2D eigenvalue weighted by Crippen LogP contribution is -2.43. The molecule has 0 saturated heterocycles. The van der Waals surface area contributed by atoms with E-state index in [9.17, 15) is 5.11 Å². The van der Waals surface area contributed by atoms with Crippen molar-refractivity contribution in [3.05, 3.63) is 24.0 Å². The van der Waals surface area contributed by atoms with Gasteiger partial charge in [-0.3, -0.25) is 0 Å². The van der Waals surface area contributed by atoms with Crippen LogP contribution in [0.15, 0.2) is 18.3 Å². The van der Waals surface area contributed by atoms with Crippen LogP contribution < -0.4 is 5.32 Å². The van der Waals surface area contributed by atoms with E-state index in [1.54, 1.807) is 0 Å². The fourth-order valence-electron chi connectivity index (χ4n) is 2.74. The van der Waals surface area contributed by atoms with Gasteiger partial charge in [-0.05, 0) is 25.0 Å². The van der Waals surface area contributed by atoms with Gasteiger partial charge in [-0.25, -0.2) is 0 Å². The van der Waals surface area contributed by atoms with Gasteiger partial charge in [-0.15, -0.1) is 0 Å². The highest BCUT2D eigenvalue weighted by Crippen LogP contribution is 2.35. The molecule has 1 aliphatic carbocycles. The second-order valence-corrected chi connectivity index (χ2v) is 5.63. The van der Waals surface area contributed by atoms with Gasteiger partial charge in [0.25, 0.3) is 0 Å². The second kappa shape index (κ2) is 5.23. The molecule has 3 nitrogen and oxygen atoms in total. The highest BCUT2D eigenvalue weighted by molar-refractivity contribution is 5.06. The van der Waals surface area contributed by atoms with Crippen LogP contribution in [-0.2, 0) is 13.6 Å². The van der Waals surface area contributed by atoms with Crippen molar-refractivity contribution in [2.75, 3.05) is 6.54 Å². The van der Waals surface area contributed by atoms with Gasteiger partial charge in [0.05, 0.1) is 6.10 Å². The highest BCUT2D eigenvalue weighted by atomic mass is 16.3. The summed E-state index contributed by atoms with van der Waals surface area (Å²) in [6.07, 6.45) is 6.44. The van der Waals surface area contributed by atoms with E-state index in [0.717, 1.165) is 25.9 Å². The lowest BCUT2D eigenvalue weighted by atomic mass is 9.73. The topological polar surface area (TPSA) is 37.2 Å². The SMILES string of the molecule is Cn1cccc1CNCC1(C)CCCCC1O. The monoisotopic (exact) mass is 236 g/mol. The van der Waals surface area contributed by atoms with Crippen molar-refractivity contribution in [1.29, 1.82) is 0 Å². The maximum absolute atomic E-state index is 10.1. The summed E-state index contributed by atoms with van der Waals surface area (Å²) in [5, 5.41) is 13.6. The molecular formula is C14H24N2O. The lowest BCUT2D eigenvalue weighted by molar-refractivity contribution is 0.00108. The number of hydrogen-bond donors (Lipinski definition) is 2. The maximum atomic E-state index is 10.1. The third kappa shape index (κ3) is 2.90. The lowest BCUT2D eigenvalue weighted by Gasteiger charge is -2.38. The molecule has 2 N–H and O–H groups in total. The zero-order valence-corrected chi connectivity index (χ0v) is 10.9. The van der Waals surface area contributed by atoms with Gasteiger partial charge >= 0.3 is 0 Å². The Labute approximate surface area is 104 Å².